The lowest BCUT2D eigenvalue weighted by molar-refractivity contribution is -0.132. The number of unbranched alkanes of at least 4 members (excludes halogenated alkanes) is 1. The summed E-state index contributed by atoms with van der Waals surface area (Å²) in [4.78, 5) is 41.6. The Hall–Kier alpha value is -2.67. The molecule has 0 saturated carbocycles. The molecular formula is C20H21N3O3S. The van der Waals surface area contributed by atoms with Crippen molar-refractivity contribution < 1.29 is 4.79 Å². The summed E-state index contributed by atoms with van der Waals surface area (Å²) in [5.74, 6) is 0.138. The highest BCUT2D eigenvalue weighted by molar-refractivity contribution is 7.17. The smallest absolute Gasteiger partial charge is 0.328 e. The fraction of sp³-hybridized carbons (Fsp3) is 0.350. The Bertz CT molecular complexity index is 1100. The third-order valence-electron chi connectivity index (χ3n) is 5.10. The number of amides is 1. The molecule has 27 heavy (non-hydrogen) atoms. The van der Waals surface area contributed by atoms with Gasteiger partial charge in [-0.1, -0.05) is 24.3 Å². The number of benzene rings is 1. The molecule has 0 saturated heterocycles. The second kappa shape index (κ2) is 7.52. The van der Waals surface area contributed by atoms with Gasteiger partial charge in [-0.3, -0.25) is 14.2 Å². The maximum absolute atomic E-state index is 12.5. The maximum Gasteiger partial charge on any atom is 0.328 e. The van der Waals surface area contributed by atoms with Gasteiger partial charge >= 0.3 is 5.69 Å². The number of nitrogens with zero attached hydrogens (tertiary/aromatic N) is 2. The van der Waals surface area contributed by atoms with Crippen LogP contribution in [-0.4, -0.2) is 26.9 Å². The zero-order valence-corrected chi connectivity index (χ0v) is 15.8. The van der Waals surface area contributed by atoms with Gasteiger partial charge in [-0.05, 0) is 41.8 Å². The van der Waals surface area contributed by atoms with Crippen LogP contribution in [-0.2, 0) is 24.3 Å². The number of rotatable bonds is 5. The monoisotopic (exact) mass is 383 g/mol. The Morgan fingerprint density at radius 1 is 1.11 bits per heavy atom. The van der Waals surface area contributed by atoms with Crippen LogP contribution in [0.5, 0.6) is 0 Å². The van der Waals surface area contributed by atoms with Crippen molar-refractivity contribution in [2.24, 2.45) is 0 Å². The van der Waals surface area contributed by atoms with Gasteiger partial charge in [0.25, 0.3) is 5.56 Å². The second-order valence-electron chi connectivity index (χ2n) is 6.84. The maximum atomic E-state index is 12.5. The van der Waals surface area contributed by atoms with E-state index in [9.17, 15) is 14.4 Å². The van der Waals surface area contributed by atoms with Gasteiger partial charge in [-0.15, -0.1) is 11.3 Å². The van der Waals surface area contributed by atoms with Gasteiger partial charge < -0.3 is 9.88 Å². The molecule has 1 aliphatic heterocycles. The summed E-state index contributed by atoms with van der Waals surface area (Å²) in [5, 5.41) is 1.79. The minimum atomic E-state index is -0.384. The number of fused-ring (bicyclic) bond motifs is 2. The van der Waals surface area contributed by atoms with E-state index in [-0.39, 0.29) is 17.2 Å². The molecule has 1 aromatic carbocycles. The molecule has 1 amide bonds. The molecule has 0 spiro atoms. The average Bonchev–Trinajstić information content (AvgIpc) is 3.15. The molecule has 3 aromatic rings. The van der Waals surface area contributed by atoms with Crippen molar-refractivity contribution in [3.05, 3.63) is 67.7 Å². The molecule has 4 rings (SSSR count). The molecule has 6 nitrogen and oxygen atoms in total. The standard InChI is InChI=1S/C20H21N3O3S/c24-17(22-11-8-14-5-1-2-6-15(14)13-22)7-3-4-10-23-19(25)18-16(9-12-27-18)21-20(23)26/h1-2,5-6,9,12H,3-4,7-8,10-11,13H2,(H,21,26). The van der Waals surface area contributed by atoms with E-state index in [2.05, 4.69) is 17.1 Å². The van der Waals surface area contributed by atoms with Gasteiger partial charge in [0, 0.05) is 26.1 Å². The molecular weight excluding hydrogens is 362 g/mol. The van der Waals surface area contributed by atoms with E-state index in [1.165, 1.54) is 27.0 Å². The molecule has 1 aliphatic rings. The van der Waals surface area contributed by atoms with Crippen LogP contribution in [0, 0.1) is 0 Å². The quantitative estimate of drug-likeness (QED) is 0.688. The topological polar surface area (TPSA) is 75.2 Å². The van der Waals surface area contributed by atoms with Crippen LogP contribution in [0.15, 0.2) is 45.3 Å². The largest absolute Gasteiger partial charge is 0.338 e. The van der Waals surface area contributed by atoms with Crippen molar-refractivity contribution in [3.63, 3.8) is 0 Å². The molecule has 0 unspecified atom stereocenters. The van der Waals surface area contributed by atoms with E-state index in [0.29, 0.717) is 42.6 Å². The van der Waals surface area contributed by atoms with Crippen LogP contribution in [0.3, 0.4) is 0 Å². The van der Waals surface area contributed by atoms with Gasteiger partial charge in [0.05, 0.1) is 5.52 Å². The minimum absolute atomic E-state index is 0.138. The number of thiophene rings is 1. The van der Waals surface area contributed by atoms with E-state index in [1.807, 2.05) is 17.0 Å². The summed E-state index contributed by atoms with van der Waals surface area (Å²) in [7, 11) is 0. The average molecular weight is 383 g/mol. The molecule has 0 bridgehead atoms. The number of aromatic nitrogens is 2. The summed E-state index contributed by atoms with van der Waals surface area (Å²) < 4.78 is 1.80. The Balaban J connectivity index is 1.33. The Morgan fingerprint density at radius 3 is 2.78 bits per heavy atom. The van der Waals surface area contributed by atoms with Crippen LogP contribution in [0.2, 0.25) is 0 Å². The van der Waals surface area contributed by atoms with Crippen LogP contribution in [0.1, 0.15) is 30.4 Å². The third kappa shape index (κ3) is 3.60. The van der Waals surface area contributed by atoms with Crippen LogP contribution < -0.4 is 11.2 Å². The van der Waals surface area contributed by atoms with E-state index in [0.717, 1.165) is 13.0 Å². The normalized spacial score (nSPS) is 13.7. The van der Waals surface area contributed by atoms with Crippen molar-refractivity contribution in [1.29, 1.82) is 0 Å². The number of hydrogen-bond acceptors (Lipinski definition) is 4. The fourth-order valence-electron chi connectivity index (χ4n) is 3.59. The van der Waals surface area contributed by atoms with Gasteiger partial charge in [-0.25, -0.2) is 4.79 Å². The first-order valence-electron chi connectivity index (χ1n) is 9.18. The molecule has 3 heterocycles. The lowest BCUT2D eigenvalue weighted by Gasteiger charge is -2.29. The Labute approximate surface area is 160 Å². The number of aromatic amines is 1. The molecule has 140 valence electrons. The van der Waals surface area contributed by atoms with Gasteiger partial charge in [0.1, 0.15) is 4.70 Å². The first kappa shape index (κ1) is 17.7. The van der Waals surface area contributed by atoms with Gasteiger partial charge in [0.15, 0.2) is 0 Å². The molecule has 0 fully saturated rings. The van der Waals surface area contributed by atoms with Crippen LogP contribution >= 0.6 is 11.3 Å². The molecule has 7 heteroatoms. The summed E-state index contributed by atoms with van der Waals surface area (Å²) in [6.45, 7) is 1.76. The van der Waals surface area contributed by atoms with E-state index in [4.69, 9.17) is 0 Å². The first-order chi connectivity index (χ1) is 13.1. The minimum Gasteiger partial charge on any atom is -0.338 e. The second-order valence-corrected chi connectivity index (χ2v) is 7.76. The highest BCUT2D eigenvalue weighted by Gasteiger charge is 2.19. The van der Waals surface area contributed by atoms with E-state index >= 15 is 0 Å². The lowest BCUT2D eigenvalue weighted by atomic mass is 9.99. The van der Waals surface area contributed by atoms with Gasteiger partial charge in [0.2, 0.25) is 5.91 Å². The number of nitrogens with one attached hydrogen (secondary N) is 1. The van der Waals surface area contributed by atoms with Crippen LogP contribution in [0.25, 0.3) is 10.2 Å². The Morgan fingerprint density at radius 2 is 1.93 bits per heavy atom. The molecule has 0 atom stereocenters. The van der Waals surface area contributed by atoms with Crippen molar-refractivity contribution in [3.8, 4) is 0 Å². The number of H-pyrrole nitrogens is 1. The van der Waals surface area contributed by atoms with Crippen molar-refractivity contribution in [2.75, 3.05) is 6.54 Å². The van der Waals surface area contributed by atoms with Crippen molar-refractivity contribution >= 4 is 27.5 Å². The predicted molar refractivity (Wildman–Crippen MR) is 106 cm³/mol. The highest BCUT2D eigenvalue weighted by atomic mass is 32.1. The lowest BCUT2D eigenvalue weighted by Crippen LogP contribution is -2.36. The van der Waals surface area contributed by atoms with E-state index in [1.54, 1.807) is 11.4 Å². The molecule has 0 aliphatic carbocycles. The summed E-state index contributed by atoms with van der Waals surface area (Å²) in [6.07, 6.45) is 2.62. The summed E-state index contributed by atoms with van der Waals surface area (Å²) in [5.41, 5.74) is 2.50. The van der Waals surface area contributed by atoms with Crippen molar-refractivity contribution in [1.82, 2.24) is 14.5 Å². The molecule has 0 radical (unpaired) electrons. The van der Waals surface area contributed by atoms with E-state index < -0.39 is 0 Å². The highest BCUT2D eigenvalue weighted by Crippen LogP contribution is 2.19. The van der Waals surface area contributed by atoms with Crippen LogP contribution in [0.4, 0.5) is 0 Å². The number of carbonyl (C=O) groups excluding carboxylic acids is 1. The predicted octanol–water partition coefficient (Wildman–Crippen LogP) is 2.51. The number of carbonyl (C=O) groups is 1. The molecule has 2 aromatic heterocycles. The SMILES string of the molecule is O=C(CCCCn1c(=O)[nH]c2ccsc2c1=O)N1CCc2ccccc2C1. The zero-order valence-electron chi connectivity index (χ0n) is 14.9. The number of hydrogen-bond donors (Lipinski definition) is 1. The zero-order chi connectivity index (χ0) is 18.8. The first-order valence-corrected chi connectivity index (χ1v) is 10.1. The van der Waals surface area contributed by atoms with Crippen molar-refractivity contribution in [2.45, 2.75) is 38.8 Å². The third-order valence-corrected chi connectivity index (χ3v) is 6.00. The van der Waals surface area contributed by atoms with Gasteiger partial charge in [-0.2, -0.15) is 0 Å². The molecule has 1 N–H and O–H groups in total. The summed E-state index contributed by atoms with van der Waals surface area (Å²) in [6, 6.07) is 9.98. The summed E-state index contributed by atoms with van der Waals surface area (Å²) >= 11 is 1.33. The fourth-order valence-corrected chi connectivity index (χ4v) is 4.38. The Kier molecular flexibility index (Phi) is 4.94.